The van der Waals surface area contributed by atoms with E-state index in [0.717, 1.165) is 34.4 Å². The summed E-state index contributed by atoms with van der Waals surface area (Å²) in [5.41, 5.74) is 1.79. The molecule has 6 nitrogen and oxygen atoms in total. The van der Waals surface area contributed by atoms with E-state index in [1.54, 1.807) is 18.2 Å². The molecule has 3 aromatic rings. The lowest BCUT2D eigenvalue weighted by Gasteiger charge is -2.17. The zero-order valence-corrected chi connectivity index (χ0v) is 21.9. The predicted octanol–water partition coefficient (Wildman–Crippen LogP) is 6.97. The molecule has 0 radical (unpaired) electrons. The Morgan fingerprint density at radius 3 is 2.32 bits per heavy atom. The Morgan fingerprint density at radius 1 is 1.03 bits per heavy atom. The number of hydrogen-bond acceptors (Lipinski definition) is 5. The summed E-state index contributed by atoms with van der Waals surface area (Å²) in [4.78, 5) is 31.5. The third kappa shape index (κ3) is 7.66. The number of amides is 2. The van der Waals surface area contributed by atoms with Crippen LogP contribution in [0.3, 0.4) is 0 Å². The molecule has 0 unspecified atom stereocenters. The van der Waals surface area contributed by atoms with Crippen LogP contribution >= 0.6 is 35.0 Å². The van der Waals surface area contributed by atoms with Crippen LogP contribution < -0.4 is 15.0 Å². The Bertz CT molecular complexity index is 1320. The van der Waals surface area contributed by atoms with Crippen molar-refractivity contribution in [2.24, 2.45) is 4.99 Å². The summed E-state index contributed by atoms with van der Waals surface area (Å²) < 4.78 is 41.2. The maximum absolute atomic E-state index is 13.2. The molecule has 38 heavy (non-hydrogen) atoms. The molecule has 0 aliphatic carbocycles. The minimum atomic E-state index is -4.85. The Hall–Kier alpha value is -3.21. The van der Waals surface area contributed by atoms with Crippen LogP contribution in [-0.4, -0.2) is 35.1 Å². The van der Waals surface area contributed by atoms with Gasteiger partial charge in [-0.05, 0) is 54.4 Å². The van der Waals surface area contributed by atoms with Crippen LogP contribution in [0.2, 0.25) is 10.0 Å². The fourth-order valence-electron chi connectivity index (χ4n) is 3.69. The second-order valence-electron chi connectivity index (χ2n) is 8.13. The molecule has 1 atom stereocenters. The van der Waals surface area contributed by atoms with Crippen LogP contribution in [0.25, 0.3) is 0 Å². The third-order valence-corrected chi connectivity index (χ3v) is 6.84. The van der Waals surface area contributed by atoms with Gasteiger partial charge in [-0.15, -0.1) is 13.2 Å². The third-order valence-electron chi connectivity index (χ3n) is 5.30. The minimum Gasteiger partial charge on any atom is -0.406 e. The van der Waals surface area contributed by atoms with Gasteiger partial charge < -0.3 is 10.1 Å². The van der Waals surface area contributed by atoms with E-state index >= 15 is 0 Å². The molecular weight excluding hydrogens is 562 g/mol. The summed E-state index contributed by atoms with van der Waals surface area (Å²) in [7, 11) is 0. The first-order valence-electron chi connectivity index (χ1n) is 11.3. The maximum atomic E-state index is 13.2. The zero-order chi connectivity index (χ0) is 27.3. The van der Waals surface area contributed by atoms with Gasteiger partial charge in [0.15, 0.2) is 5.17 Å². The van der Waals surface area contributed by atoms with Crippen LogP contribution in [0.5, 0.6) is 5.75 Å². The predicted molar refractivity (Wildman–Crippen MR) is 144 cm³/mol. The van der Waals surface area contributed by atoms with Gasteiger partial charge in [-0.2, -0.15) is 0 Å². The van der Waals surface area contributed by atoms with E-state index in [4.69, 9.17) is 23.2 Å². The number of nitrogens with zero attached hydrogens (tertiary/aromatic N) is 2. The number of anilines is 2. The van der Waals surface area contributed by atoms with E-state index in [2.05, 4.69) is 15.0 Å². The number of carbonyl (C=O) groups is 2. The van der Waals surface area contributed by atoms with Gasteiger partial charge in [0, 0.05) is 28.7 Å². The van der Waals surface area contributed by atoms with Gasteiger partial charge in [0.1, 0.15) is 11.0 Å². The highest BCUT2D eigenvalue weighted by atomic mass is 35.5. The van der Waals surface area contributed by atoms with Crippen LogP contribution in [0, 0.1) is 0 Å². The van der Waals surface area contributed by atoms with Crippen LogP contribution in [0.1, 0.15) is 12.0 Å². The second-order valence-corrected chi connectivity index (χ2v) is 10.2. The molecule has 0 saturated carbocycles. The highest BCUT2D eigenvalue weighted by Crippen LogP contribution is 2.33. The van der Waals surface area contributed by atoms with Gasteiger partial charge >= 0.3 is 6.36 Å². The Kier molecular flexibility index (Phi) is 8.86. The topological polar surface area (TPSA) is 71.0 Å². The lowest BCUT2D eigenvalue weighted by Crippen LogP contribution is -2.31. The molecule has 0 bridgehead atoms. The van der Waals surface area contributed by atoms with Crippen molar-refractivity contribution in [3.05, 3.63) is 88.4 Å². The van der Waals surface area contributed by atoms with Gasteiger partial charge in [0.05, 0.1) is 5.69 Å². The average molecular weight is 582 g/mol. The molecule has 12 heteroatoms. The molecule has 1 aliphatic rings. The van der Waals surface area contributed by atoms with Crippen molar-refractivity contribution in [1.29, 1.82) is 0 Å². The first kappa shape index (κ1) is 27.8. The molecule has 4 rings (SSSR count). The maximum Gasteiger partial charge on any atom is 0.573 e. The van der Waals surface area contributed by atoms with E-state index < -0.39 is 29.2 Å². The average Bonchev–Trinajstić information content (AvgIpc) is 3.11. The largest absolute Gasteiger partial charge is 0.573 e. The van der Waals surface area contributed by atoms with Crippen molar-refractivity contribution >= 4 is 63.3 Å². The number of benzene rings is 3. The van der Waals surface area contributed by atoms with Crippen molar-refractivity contribution in [3.63, 3.8) is 0 Å². The normalized spacial score (nSPS) is 16.2. The number of imide groups is 1. The first-order chi connectivity index (χ1) is 18.1. The molecule has 3 aromatic carbocycles. The quantitative estimate of drug-likeness (QED) is 0.185. The van der Waals surface area contributed by atoms with Crippen molar-refractivity contribution in [1.82, 2.24) is 0 Å². The smallest absolute Gasteiger partial charge is 0.406 e. The summed E-state index contributed by atoms with van der Waals surface area (Å²) in [6.07, 6.45) is -4.31. The van der Waals surface area contributed by atoms with Gasteiger partial charge in [-0.25, -0.2) is 4.90 Å². The molecule has 1 heterocycles. The van der Waals surface area contributed by atoms with Crippen molar-refractivity contribution in [2.45, 2.75) is 24.5 Å². The number of alkyl halides is 3. The van der Waals surface area contributed by atoms with Crippen molar-refractivity contribution in [3.8, 4) is 5.75 Å². The number of thioether (sulfide) groups is 1. The van der Waals surface area contributed by atoms with Crippen LogP contribution in [0.15, 0.2) is 77.8 Å². The SMILES string of the molecule is O=C1C[C@@H](SC(=NCCc2ccccc2)Nc2cc(Cl)cc(Cl)c2)C(=O)N1c1ccc(OC(F)(F)F)cc1. The molecule has 1 N–H and O–H groups in total. The van der Waals surface area contributed by atoms with E-state index in [9.17, 15) is 22.8 Å². The number of hydrogen-bond donors (Lipinski definition) is 1. The molecule has 1 aliphatic heterocycles. The van der Waals surface area contributed by atoms with Crippen molar-refractivity contribution < 1.29 is 27.5 Å². The van der Waals surface area contributed by atoms with Crippen LogP contribution in [-0.2, 0) is 16.0 Å². The molecule has 2 amide bonds. The van der Waals surface area contributed by atoms with Crippen molar-refractivity contribution in [2.75, 3.05) is 16.8 Å². The van der Waals surface area contributed by atoms with Gasteiger partial charge in [-0.1, -0.05) is 65.3 Å². The van der Waals surface area contributed by atoms with Gasteiger partial charge in [-0.3, -0.25) is 14.6 Å². The number of carbonyl (C=O) groups excluding carboxylic acids is 2. The zero-order valence-electron chi connectivity index (χ0n) is 19.5. The number of halogens is 5. The Morgan fingerprint density at radius 2 is 1.68 bits per heavy atom. The number of ether oxygens (including phenoxy) is 1. The molecule has 0 aromatic heterocycles. The fourth-order valence-corrected chi connectivity index (χ4v) is 5.26. The summed E-state index contributed by atoms with van der Waals surface area (Å²) in [6.45, 7) is 0.410. The number of rotatable bonds is 7. The second kappa shape index (κ2) is 12.1. The standard InChI is InChI=1S/C26H20Cl2F3N3O3S/c27-17-12-18(28)14-19(13-17)33-25(32-11-10-16-4-2-1-3-5-16)38-22-15-23(35)34(24(22)36)20-6-8-21(9-7-20)37-26(29,30)31/h1-9,12-14,22H,10-11,15H2,(H,32,33)/t22-/m1/s1. The highest BCUT2D eigenvalue weighted by molar-refractivity contribution is 8.15. The number of amidine groups is 1. The summed E-state index contributed by atoms with van der Waals surface area (Å²) in [5.74, 6) is -1.44. The fraction of sp³-hybridized carbons (Fsp3) is 0.192. The van der Waals surface area contributed by atoms with E-state index in [1.807, 2.05) is 30.3 Å². The molecule has 1 saturated heterocycles. The highest BCUT2D eigenvalue weighted by Gasteiger charge is 2.41. The molecule has 0 spiro atoms. The first-order valence-corrected chi connectivity index (χ1v) is 12.9. The Balaban J connectivity index is 1.50. The summed E-state index contributed by atoms with van der Waals surface area (Å²) in [6, 6.07) is 19.2. The van der Waals surface area contributed by atoms with E-state index in [-0.39, 0.29) is 12.1 Å². The lowest BCUT2D eigenvalue weighted by molar-refractivity contribution is -0.274. The molecule has 198 valence electrons. The monoisotopic (exact) mass is 581 g/mol. The summed E-state index contributed by atoms with van der Waals surface area (Å²) in [5, 5.41) is 3.54. The molecular formula is C26H20Cl2F3N3O3S. The molecule has 1 fully saturated rings. The lowest BCUT2D eigenvalue weighted by atomic mass is 10.2. The minimum absolute atomic E-state index is 0.111. The van der Waals surface area contributed by atoms with E-state index in [0.29, 0.717) is 33.9 Å². The summed E-state index contributed by atoms with van der Waals surface area (Å²) >= 11 is 13.3. The Labute approximate surface area is 230 Å². The van der Waals surface area contributed by atoms with Gasteiger partial charge in [0.25, 0.3) is 0 Å². The number of nitrogens with one attached hydrogen (secondary N) is 1. The number of aliphatic imine (C=N–C) groups is 1. The van der Waals surface area contributed by atoms with E-state index in [1.165, 1.54) is 12.1 Å². The van der Waals surface area contributed by atoms with Gasteiger partial charge in [0.2, 0.25) is 11.8 Å². The van der Waals surface area contributed by atoms with Crippen LogP contribution in [0.4, 0.5) is 24.5 Å².